The van der Waals surface area contributed by atoms with Crippen LogP contribution in [0.5, 0.6) is 5.75 Å². The third kappa shape index (κ3) is 3.17. The van der Waals surface area contributed by atoms with Crippen molar-refractivity contribution in [2.24, 2.45) is 7.05 Å². The highest BCUT2D eigenvalue weighted by Gasteiger charge is 2.16. The Morgan fingerprint density at radius 2 is 1.85 bits per heavy atom. The summed E-state index contributed by atoms with van der Waals surface area (Å²) in [6, 6.07) is 10.8. The molecule has 0 aliphatic carbocycles. The Bertz CT molecular complexity index is 1160. The SMILES string of the molecule is Cc1nn(C)c2c(Nc3ccc(O)c(Cl)c3)nc(-c3ccc(F)cc3)nc12. The standard InChI is InChI=1S/C19H15ClFN5O/c1-10-16-17(26(2)25-10)19(22-13-7-8-15(27)14(20)9-13)24-18(23-16)11-3-5-12(21)6-4-11/h3-9,27H,1-2H3,(H,22,23,24). The molecule has 136 valence electrons. The van der Waals surface area contributed by atoms with Crippen LogP contribution in [0.15, 0.2) is 42.5 Å². The molecule has 0 unspecified atom stereocenters. The lowest BCUT2D eigenvalue weighted by Crippen LogP contribution is -2.02. The molecule has 0 aliphatic heterocycles. The highest BCUT2D eigenvalue weighted by molar-refractivity contribution is 6.32. The van der Waals surface area contributed by atoms with E-state index in [9.17, 15) is 9.50 Å². The fourth-order valence-corrected chi connectivity index (χ4v) is 3.05. The predicted molar refractivity (Wildman–Crippen MR) is 103 cm³/mol. The molecule has 4 aromatic rings. The highest BCUT2D eigenvalue weighted by Crippen LogP contribution is 2.31. The molecule has 4 rings (SSSR count). The normalized spacial score (nSPS) is 11.1. The van der Waals surface area contributed by atoms with Gasteiger partial charge in [0, 0.05) is 18.3 Å². The van der Waals surface area contributed by atoms with E-state index in [1.165, 1.54) is 18.2 Å². The first kappa shape index (κ1) is 17.2. The van der Waals surface area contributed by atoms with Gasteiger partial charge in [-0.1, -0.05) is 11.6 Å². The summed E-state index contributed by atoms with van der Waals surface area (Å²) >= 11 is 6.00. The van der Waals surface area contributed by atoms with Crippen LogP contribution in [0.1, 0.15) is 5.69 Å². The van der Waals surface area contributed by atoms with E-state index in [0.29, 0.717) is 28.4 Å². The van der Waals surface area contributed by atoms with Gasteiger partial charge in [0.25, 0.3) is 0 Å². The maximum atomic E-state index is 13.3. The zero-order valence-corrected chi connectivity index (χ0v) is 15.3. The highest BCUT2D eigenvalue weighted by atomic mass is 35.5. The van der Waals surface area contributed by atoms with Crippen LogP contribution in [0.4, 0.5) is 15.9 Å². The molecule has 0 fully saturated rings. The molecule has 2 aromatic carbocycles. The van der Waals surface area contributed by atoms with Crippen molar-refractivity contribution >= 4 is 34.1 Å². The molecule has 0 saturated carbocycles. The maximum absolute atomic E-state index is 13.3. The molecule has 2 heterocycles. The number of phenols is 1. The van der Waals surface area contributed by atoms with E-state index in [0.717, 1.165) is 11.2 Å². The number of phenolic OH excluding ortho intramolecular Hbond substituents is 1. The number of nitrogens with one attached hydrogen (secondary N) is 1. The lowest BCUT2D eigenvalue weighted by Gasteiger charge is -2.11. The van der Waals surface area contributed by atoms with E-state index < -0.39 is 0 Å². The summed E-state index contributed by atoms with van der Waals surface area (Å²) in [6.45, 7) is 1.87. The number of aryl methyl sites for hydroxylation is 2. The van der Waals surface area contributed by atoms with Crippen LogP contribution in [0.3, 0.4) is 0 Å². The van der Waals surface area contributed by atoms with E-state index >= 15 is 0 Å². The van der Waals surface area contributed by atoms with Crippen molar-refractivity contribution in [3.05, 3.63) is 59.0 Å². The van der Waals surface area contributed by atoms with Gasteiger partial charge in [0.2, 0.25) is 0 Å². The van der Waals surface area contributed by atoms with Crippen LogP contribution in [0.2, 0.25) is 5.02 Å². The minimum absolute atomic E-state index is 0.00145. The number of aromatic nitrogens is 4. The van der Waals surface area contributed by atoms with Gasteiger partial charge < -0.3 is 10.4 Å². The molecule has 0 spiro atoms. The Morgan fingerprint density at radius 3 is 2.56 bits per heavy atom. The maximum Gasteiger partial charge on any atom is 0.162 e. The topological polar surface area (TPSA) is 75.9 Å². The first-order valence-corrected chi connectivity index (χ1v) is 8.53. The van der Waals surface area contributed by atoms with Crippen LogP contribution in [0, 0.1) is 12.7 Å². The molecule has 0 amide bonds. The lowest BCUT2D eigenvalue weighted by molar-refractivity contribution is 0.475. The van der Waals surface area contributed by atoms with Gasteiger partial charge in [-0.3, -0.25) is 4.68 Å². The Kier molecular flexibility index (Phi) is 4.16. The van der Waals surface area contributed by atoms with Gasteiger partial charge >= 0.3 is 0 Å². The van der Waals surface area contributed by atoms with E-state index in [4.69, 9.17) is 11.6 Å². The number of aromatic hydroxyl groups is 1. The number of rotatable bonds is 3. The minimum Gasteiger partial charge on any atom is -0.506 e. The van der Waals surface area contributed by atoms with Crippen LogP contribution in [-0.4, -0.2) is 24.9 Å². The smallest absolute Gasteiger partial charge is 0.162 e. The molecule has 0 atom stereocenters. The van der Waals surface area contributed by atoms with Crippen LogP contribution >= 0.6 is 11.6 Å². The monoisotopic (exact) mass is 383 g/mol. The summed E-state index contributed by atoms with van der Waals surface area (Å²) in [4.78, 5) is 9.22. The Labute approximate surface area is 159 Å². The molecule has 0 aliphatic rings. The number of fused-ring (bicyclic) bond motifs is 1. The quantitative estimate of drug-likeness (QED) is 0.506. The molecule has 0 bridgehead atoms. The summed E-state index contributed by atoms with van der Waals surface area (Å²) < 4.78 is 15.0. The molecule has 2 aromatic heterocycles. The fraction of sp³-hybridized carbons (Fsp3) is 0.105. The number of halogens is 2. The van der Waals surface area contributed by atoms with Crippen LogP contribution in [0.25, 0.3) is 22.4 Å². The van der Waals surface area contributed by atoms with Crippen molar-refractivity contribution in [1.29, 1.82) is 0 Å². The van der Waals surface area contributed by atoms with Gasteiger partial charge in [-0.2, -0.15) is 5.10 Å². The van der Waals surface area contributed by atoms with Crippen molar-refractivity contribution in [1.82, 2.24) is 19.7 Å². The predicted octanol–water partition coefficient (Wildman–Crippen LogP) is 4.58. The zero-order chi connectivity index (χ0) is 19.1. The van der Waals surface area contributed by atoms with Gasteiger partial charge in [-0.05, 0) is 49.4 Å². The number of nitrogens with zero attached hydrogens (tertiary/aromatic N) is 4. The summed E-state index contributed by atoms with van der Waals surface area (Å²) in [5.74, 6) is 0.656. The van der Waals surface area contributed by atoms with Crippen molar-refractivity contribution in [2.45, 2.75) is 6.92 Å². The lowest BCUT2D eigenvalue weighted by atomic mass is 10.2. The van der Waals surface area contributed by atoms with E-state index in [-0.39, 0.29) is 16.6 Å². The van der Waals surface area contributed by atoms with Crippen molar-refractivity contribution < 1.29 is 9.50 Å². The number of hydrogen-bond donors (Lipinski definition) is 2. The Morgan fingerprint density at radius 1 is 1.11 bits per heavy atom. The minimum atomic E-state index is -0.325. The third-order valence-corrected chi connectivity index (χ3v) is 4.47. The third-order valence-electron chi connectivity index (χ3n) is 4.16. The molecular weight excluding hydrogens is 369 g/mol. The van der Waals surface area contributed by atoms with E-state index in [1.54, 1.807) is 28.9 Å². The zero-order valence-electron chi connectivity index (χ0n) is 14.5. The number of anilines is 2. The fourth-order valence-electron chi connectivity index (χ4n) is 2.87. The second-order valence-electron chi connectivity index (χ2n) is 6.10. The second-order valence-corrected chi connectivity index (χ2v) is 6.51. The Balaban J connectivity index is 1.89. The van der Waals surface area contributed by atoms with Gasteiger partial charge in [0.05, 0.1) is 10.7 Å². The van der Waals surface area contributed by atoms with Crippen LogP contribution in [-0.2, 0) is 7.05 Å². The molecule has 27 heavy (non-hydrogen) atoms. The summed E-state index contributed by atoms with van der Waals surface area (Å²) in [6.07, 6.45) is 0. The van der Waals surface area contributed by atoms with Crippen molar-refractivity contribution in [3.8, 4) is 17.1 Å². The Hall–Kier alpha value is -3.19. The molecule has 0 radical (unpaired) electrons. The molecule has 2 N–H and O–H groups in total. The summed E-state index contributed by atoms with van der Waals surface area (Å²) in [5, 5.41) is 17.5. The number of hydrogen-bond acceptors (Lipinski definition) is 5. The first-order chi connectivity index (χ1) is 12.9. The van der Waals surface area contributed by atoms with Crippen LogP contribution < -0.4 is 5.32 Å². The van der Waals surface area contributed by atoms with Crippen molar-refractivity contribution in [3.63, 3.8) is 0 Å². The average Bonchev–Trinajstić information content (AvgIpc) is 2.93. The van der Waals surface area contributed by atoms with Gasteiger partial charge in [0.1, 0.15) is 22.6 Å². The molecule has 8 heteroatoms. The molecule has 0 saturated heterocycles. The average molecular weight is 384 g/mol. The molecular formula is C19H15ClFN5O. The summed E-state index contributed by atoms with van der Waals surface area (Å²) in [7, 11) is 1.81. The van der Waals surface area contributed by atoms with Gasteiger partial charge in [-0.25, -0.2) is 14.4 Å². The summed E-state index contributed by atoms with van der Waals surface area (Å²) in [5.41, 5.74) is 3.52. The molecule has 6 nitrogen and oxygen atoms in total. The largest absolute Gasteiger partial charge is 0.506 e. The van der Waals surface area contributed by atoms with E-state index in [2.05, 4.69) is 20.4 Å². The van der Waals surface area contributed by atoms with Gasteiger partial charge in [0.15, 0.2) is 11.6 Å². The van der Waals surface area contributed by atoms with Crippen molar-refractivity contribution in [2.75, 3.05) is 5.32 Å². The van der Waals surface area contributed by atoms with E-state index in [1.807, 2.05) is 14.0 Å². The first-order valence-electron chi connectivity index (χ1n) is 8.15. The number of benzene rings is 2. The second kappa shape index (κ2) is 6.51. The van der Waals surface area contributed by atoms with Gasteiger partial charge in [-0.15, -0.1) is 0 Å².